The van der Waals surface area contributed by atoms with Crippen LogP contribution in [0.15, 0.2) is 66.4 Å². The Morgan fingerprint density at radius 1 is 1.17 bits per heavy atom. The molecule has 0 spiro atoms. The van der Waals surface area contributed by atoms with Crippen molar-refractivity contribution in [2.45, 2.75) is 19.8 Å². The molecule has 1 N–H and O–H groups in total. The molecule has 2 unspecified atom stereocenters. The van der Waals surface area contributed by atoms with Crippen molar-refractivity contribution in [1.29, 1.82) is 0 Å². The Labute approximate surface area is 150 Å². The molecule has 132 valence electrons. The number of rotatable bonds is 6. The Bertz CT molecular complexity index is 625. The van der Waals surface area contributed by atoms with Gasteiger partial charge in [-0.1, -0.05) is 49.4 Å². The van der Waals surface area contributed by atoms with Gasteiger partial charge in [-0.2, -0.15) is 0 Å². The minimum Gasteiger partial charge on any atom is -0.306 e. The quantitative estimate of drug-likeness (QED) is 0.838. The van der Waals surface area contributed by atoms with Gasteiger partial charge >= 0.3 is 0 Å². The highest BCUT2D eigenvalue weighted by Crippen LogP contribution is 2.11. The van der Waals surface area contributed by atoms with Gasteiger partial charge < -0.3 is 4.72 Å². The van der Waals surface area contributed by atoms with E-state index < -0.39 is 22.0 Å². The second-order valence-electron chi connectivity index (χ2n) is 5.09. The fraction of sp³-hybridized carbons (Fsp3) is 0.333. The summed E-state index contributed by atoms with van der Waals surface area (Å²) < 4.78 is 27.0. The fourth-order valence-corrected chi connectivity index (χ4v) is 3.12. The number of anilines is 1. The molecule has 1 aromatic carbocycles. The van der Waals surface area contributed by atoms with Crippen molar-refractivity contribution in [3.05, 3.63) is 66.4 Å². The lowest BCUT2D eigenvalue weighted by molar-refractivity contribution is 0.677. The summed E-state index contributed by atoms with van der Waals surface area (Å²) in [5.41, 5.74) is 1.94. The van der Waals surface area contributed by atoms with E-state index in [4.69, 9.17) is 0 Å². The van der Waals surface area contributed by atoms with E-state index in [0.29, 0.717) is 5.75 Å². The monoisotopic (exact) mass is 366 g/mol. The van der Waals surface area contributed by atoms with Gasteiger partial charge in [-0.05, 0) is 31.1 Å². The van der Waals surface area contributed by atoms with Crippen molar-refractivity contribution in [3.63, 3.8) is 0 Å². The lowest BCUT2D eigenvalue weighted by Gasteiger charge is -2.14. The molecule has 2 rings (SSSR count). The van der Waals surface area contributed by atoms with E-state index in [1.54, 1.807) is 10.6 Å². The molecule has 4 nitrogen and oxygen atoms in total. The molecule has 2 atom stereocenters. The van der Waals surface area contributed by atoms with E-state index in [9.17, 15) is 8.42 Å². The summed E-state index contributed by atoms with van der Waals surface area (Å²) in [5, 5.41) is 0. The minimum atomic E-state index is -0.928. The van der Waals surface area contributed by atoms with Crippen molar-refractivity contribution in [2.75, 3.05) is 23.4 Å². The molecule has 0 aromatic heterocycles. The number of benzene rings is 1. The van der Waals surface area contributed by atoms with Crippen LogP contribution in [0, 0.1) is 0 Å². The topological polar surface area (TPSA) is 49.4 Å². The van der Waals surface area contributed by atoms with E-state index in [2.05, 4.69) is 10.8 Å². The van der Waals surface area contributed by atoms with Crippen LogP contribution in [-0.2, 0) is 22.0 Å². The lowest BCUT2D eigenvalue weighted by atomic mass is 10.3. The van der Waals surface area contributed by atoms with Gasteiger partial charge in [-0.25, -0.2) is 8.42 Å². The van der Waals surface area contributed by atoms with Gasteiger partial charge in [0.25, 0.3) is 0 Å². The molecule has 0 aliphatic heterocycles. The van der Waals surface area contributed by atoms with Gasteiger partial charge in [-0.15, -0.1) is 0 Å². The van der Waals surface area contributed by atoms with Crippen LogP contribution in [-0.4, -0.2) is 27.5 Å². The predicted molar refractivity (Wildman–Crippen MR) is 106 cm³/mol. The van der Waals surface area contributed by atoms with Gasteiger partial charge in [0, 0.05) is 30.4 Å². The van der Waals surface area contributed by atoms with E-state index in [1.807, 2.05) is 68.6 Å². The zero-order valence-corrected chi connectivity index (χ0v) is 16.1. The molecule has 1 aliphatic carbocycles. The third-order valence-corrected chi connectivity index (χ3v) is 5.35. The maximum atomic E-state index is 11.3. The average molecular weight is 367 g/mol. The SMILES string of the molecule is CCCS(=O)NC1=CCC=CC=C1.CN(c1ccccc1)S(C)=O. The molecular weight excluding hydrogens is 340 g/mol. The third kappa shape index (κ3) is 8.26. The van der Waals surface area contributed by atoms with E-state index in [0.717, 1.165) is 24.2 Å². The van der Waals surface area contributed by atoms with Crippen LogP contribution in [0.3, 0.4) is 0 Å². The first-order valence-electron chi connectivity index (χ1n) is 7.85. The number of hydrogen-bond acceptors (Lipinski definition) is 2. The van der Waals surface area contributed by atoms with Gasteiger partial charge in [0.15, 0.2) is 0 Å². The summed E-state index contributed by atoms with van der Waals surface area (Å²) in [4.78, 5) is 0. The molecule has 1 aliphatic rings. The van der Waals surface area contributed by atoms with Gasteiger partial charge in [0.05, 0.1) is 0 Å². The average Bonchev–Trinajstić information content (AvgIpc) is 2.84. The van der Waals surface area contributed by atoms with Crippen LogP contribution in [0.2, 0.25) is 0 Å². The molecule has 0 radical (unpaired) electrons. The zero-order valence-electron chi connectivity index (χ0n) is 14.5. The van der Waals surface area contributed by atoms with Crippen molar-refractivity contribution in [3.8, 4) is 0 Å². The van der Waals surface area contributed by atoms with Gasteiger partial charge in [0.2, 0.25) is 0 Å². The van der Waals surface area contributed by atoms with Crippen LogP contribution >= 0.6 is 0 Å². The summed E-state index contributed by atoms with van der Waals surface area (Å²) in [7, 11) is -0.0396. The third-order valence-electron chi connectivity index (χ3n) is 3.12. The number of nitrogens with zero attached hydrogens (tertiary/aromatic N) is 1. The Hall–Kier alpha value is -1.66. The van der Waals surface area contributed by atoms with Crippen molar-refractivity contribution in [1.82, 2.24) is 4.72 Å². The van der Waals surface area contributed by atoms with Gasteiger partial charge in [0.1, 0.15) is 22.0 Å². The number of hydrogen-bond donors (Lipinski definition) is 1. The summed E-state index contributed by atoms with van der Waals surface area (Å²) in [6.45, 7) is 2.03. The Balaban J connectivity index is 0.000000243. The van der Waals surface area contributed by atoms with Crippen molar-refractivity contribution >= 4 is 27.7 Å². The first-order valence-corrected chi connectivity index (χ1v) is 10.7. The van der Waals surface area contributed by atoms with Crippen LogP contribution in [0.4, 0.5) is 5.69 Å². The molecule has 1 aromatic rings. The Morgan fingerprint density at radius 2 is 1.88 bits per heavy atom. The van der Waals surface area contributed by atoms with Crippen LogP contribution in [0.25, 0.3) is 0 Å². The molecule has 0 heterocycles. The fourth-order valence-electron chi connectivity index (χ4n) is 1.81. The van der Waals surface area contributed by atoms with Gasteiger partial charge in [-0.3, -0.25) is 4.31 Å². The summed E-state index contributed by atoms with van der Waals surface area (Å²) in [5.74, 6) is 0.707. The molecular formula is C18H26N2O2S2. The molecule has 0 amide bonds. The number of para-hydroxylation sites is 1. The van der Waals surface area contributed by atoms with E-state index in [-0.39, 0.29) is 0 Å². The predicted octanol–water partition coefficient (Wildman–Crippen LogP) is 3.47. The summed E-state index contributed by atoms with van der Waals surface area (Å²) in [6, 6.07) is 9.66. The Kier molecular flexibility index (Phi) is 10.0. The lowest BCUT2D eigenvalue weighted by Crippen LogP contribution is -2.18. The largest absolute Gasteiger partial charge is 0.306 e. The normalized spacial score (nSPS) is 15.4. The standard InChI is InChI=1S/C10H15NOS.C8H11NOS/c1-2-9-13(12)11-10-7-5-3-4-6-8-10;1-9(11(2)10)8-6-4-3-5-7-8/h3-5,7-8,11H,2,6,9H2,1H3;3-7H,1-2H3. The van der Waals surface area contributed by atoms with Crippen LogP contribution < -0.4 is 9.03 Å². The molecule has 0 saturated carbocycles. The summed E-state index contributed by atoms with van der Waals surface area (Å²) >= 11 is 0. The zero-order chi connectivity index (χ0) is 17.8. The van der Waals surface area contributed by atoms with E-state index >= 15 is 0 Å². The maximum absolute atomic E-state index is 11.3. The molecule has 0 bridgehead atoms. The Morgan fingerprint density at radius 3 is 2.50 bits per heavy atom. The highest BCUT2D eigenvalue weighted by Gasteiger charge is 2.01. The first kappa shape index (κ1) is 20.4. The van der Waals surface area contributed by atoms with Crippen molar-refractivity contribution in [2.24, 2.45) is 0 Å². The van der Waals surface area contributed by atoms with Crippen LogP contribution in [0.5, 0.6) is 0 Å². The van der Waals surface area contributed by atoms with E-state index in [1.165, 1.54) is 0 Å². The second kappa shape index (κ2) is 11.8. The maximum Gasteiger partial charge on any atom is 0.117 e. The highest BCUT2D eigenvalue weighted by atomic mass is 32.2. The highest BCUT2D eigenvalue weighted by molar-refractivity contribution is 7.85. The second-order valence-corrected chi connectivity index (χ2v) is 7.79. The smallest absolute Gasteiger partial charge is 0.117 e. The minimum absolute atomic E-state index is 0.707. The van der Waals surface area contributed by atoms with Crippen LogP contribution in [0.1, 0.15) is 19.8 Å². The number of allylic oxidation sites excluding steroid dienone is 5. The first-order chi connectivity index (χ1) is 11.5. The van der Waals surface area contributed by atoms with Crippen molar-refractivity contribution < 1.29 is 8.42 Å². The summed E-state index contributed by atoms with van der Waals surface area (Å²) in [6.07, 6.45) is 13.5. The number of nitrogens with one attached hydrogen (secondary N) is 1. The molecule has 0 fully saturated rings. The molecule has 24 heavy (non-hydrogen) atoms. The molecule has 6 heteroatoms. The molecule has 0 saturated heterocycles.